The summed E-state index contributed by atoms with van der Waals surface area (Å²) in [7, 11) is -1.12. The van der Waals surface area contributed by atoms with E-state index in [0.717, 1.165) is 6.42 Å². The van der Waals surface area contributed by atoms with E-state index in [-0.39, 0.29) is 69.5 Å². The fraction of sp³-hybridized carbons (Fsp3) is 0.462. The van der Waals surface area contributed by atoms with Crippen LogP contribution in [-0.4, -0.2) is 135 Å². The molecule has 316 valence electrons. The van der Waals surface area contributed by atoms with Gasteiger partial charge >= 0.3 is 32.9 Å². The molecule has 2 aromatic carbocycles. The van der Waals surface area contributed by atoms with E-state index < -0.39 is 50.8 Å². The number of hydrogen-bond donors (Lipinski definition) is 1. The second kappa shape index (κ2) is 21.7. The maximum absolute atomic E-state index is 14.2. The molecule has 20 heteroatoms. The first-order valence-electron chi connectivity index (χ1n) is 19.1. The summed E-state index contributed by atoms with van der Waals surface area (Å²) in [5, 5.41) is 3.02. The molecule has 0 bridgehead atoms. The van der Waals surface area contributed by atoms with Crippen LogP contribution < -0.4 is 15.5 Å². The van der Waals surface area contributed by atoms with E-state index in [1.54, 1.807) is 37.1 Å². The monoisotopic (exact) mass is 839 g/mol. The average molecular weight is 840 g/mol. The summed E-state index contributed by atoms with van der Waals surface area (Å²) in [5.74, 6) is -0.132. The zero-order chi connectivity index (χ0) is 42.3. The first-order chi connectivity index (χ1) is 28.5. The van der Waals surface area contributed by atoms with Crippen molar-refractivity contribution in [2.45, 2.75) is 52.2 Å². The summed E-state index contributed by atoms with van der Waals surface area (Å²) >= 11 is 0. The van der Waals surface area contributed by atoms with Gasteiger partial charge in [0.15, 0.2) is 5.82 Å². The largest absolute Gasteiger partial charge is 0.556 e. The molecule has 3 aromatic rings. The van der Waals surface area contributed by atoms with E-state index in [1.165, 1.54) is 30.9 Å². The Morgan fingerprint density at radius 3 is 2.03 bits per heavy atom. The third-order valence-electron chi connectivity index (χ3n) is 9.18. The summed E-state index contributed by atoms with van der Waals surface area (Å²) in [5.41, 5.74) is 1.32. The van der Waals surface area contributed by atoms with Crippen molar-refractivity contribution < 1.29 is 61.5 Å². The smallest absolute Gasteiger partial charge is 0.450 e. The lowest BCUT2D eigenvalue weighted by atomic mass is 10.0. The fourth-order valence-corrected chi connectivity index (χ4v) is 6.95. The van der Waals surface area contributed by atoms with Crippen LogP contribution in [-0.2, 0) is 48.7 Å². The van der Waals surface area contributed by atoms with E-state index in [0.29, 0.717) is 35.9 Å². The van der Waals surface area contributed by atoms with Gasteiger partial charge < -0.3 is 48.4 Å². The Kier molecular flexibility index (Phi) is 16.3. The molecule has 59 heavy (non-hydrogen) atoms. The average Bonchev–Trinajstić information content (AvgIpc) is 3.73. The number of nitrogens with zero attached hydrogens (tertiary/aromatic N) is 5. The molecule has 2 fully saturated rings. The molecule has 5 rings (SSSR count). The fourth-order valence-electron chi connectivity index (χ4n) is 6.19. The number of rotatable bonds is 16. The number of nitrogens with one attached hydrogen (secondary N) is 1. The third-order valence-corrected chi connectivity index (χ3v) is 10.3. The van der Waals surface area contributed by atoms with Crippen molar-refractivity contribution in [3.63, 3.8) is 0 Å². The number of amides is 3. The normalized spacial score (nSPS) is 15.9. The predicted molar refractivity (Wildman–Crippen MR) is 210 cm³/mol. The lowest BCUT2D eigenvalue weighted by Gasteiger charge is -2.36. The highest BCUT2D eigenvalue weighted by atomic mass is 31.1. The Morgan fingerprint density at radius 2 is 1.44 bits per heavy atom. The van der Waals surface area contributed by atoms with Crippen LogP contribution in [0.2, 0.25) is 0 Å². The maximum Gasteiger partial charge on any atom is 0.556 e. The van der Waals surface area contributed by atoms with Crippen LogP contribution in [0.3, 0.4) is 0 Å². The van der Waals surface area contributed by atoms with Crippen molar-refractivity contribution in [3.05, 3.63) is 71.9 Å². The zero-order valence-corrected chi connectivity index (χ0v) is 34.2. The van der Waals surface area contributed by atoms with Gasteiger partial charge in [-0.15, -0.1) is 0 Å². The number of carbonyl (C=O) groups excluding carboxylic acids is 5. The van der Waals surface area contributed by atoms with E-state index in [9.17, 15) is 28.5 Å². The van der Waals surface area contributed by atoms with E-state index in [4.69, 9.17) is 37.9 Å². The van der Waals surface area contributed by atoms with Gasteiger partial charge in [0.05, 0.1) is 25.9 Å². The van der Waals surface area contributed by atoms with E-state index >= 15 is 0 Å². The molecule has 0 aliphatic carbocycles. The SMILES string of the molecule is CCOC(=O)OC(OC(=O)OCC)O[P+](=O)c1ccc(C[C@H](NC(=O)c2cc(N3CC[C@H](OC)C3)nc(-c3ccccc3)n2)C(=O)N2CCN(C(=O)OCC)CC2)cc1. The second-order valence-electron chi connectivity index (χ2n) is 13.1. The molecule has 19 nitrogen and oxygen atoms in total. The lowest BCUT2D eigenvalue weighted by molar-refractivity contribution is -0.199. The zero-order valence-electron chi connectivity index (χ0n) is 33.3. The minimum atomic E-state index is -2.77. The van der Waals surface area contributed by atoms with Gasteiger partial charge in [-0.2, -0.15) is 0 Å². The van der Waals surface area contributed by atoms with Crippen molar-refractivity contribution in [1.82, 2.24) is 25.1 Å². The van der Waals surface area contributed by atoms with Crippen LogP contribution in [0.15, 0.2) is 60.7 Å². The van der Waals surface area contributed by atoms with Gasteiger partial charge in [-0.25, -0.2) is 24.4 Å². The molecular formula is C39H48N6O13P+. The van der Waals surface area contributed by atoms with Gasteiger partial charge in [-0.05, 0) is 49.5 Å². The van der Waals surface area contributed by atoms with Crippen molar-refractivity contribution in [3.8, 4) is 11.4 Å². The minimum Gasteiger partial charge on any atom is -0.450 e. The standard InChI is InChI=1S/C39H47N6O13P/c1-5-53-36(48)44-21-19-43(20-22-44)35(47)31(23-26-13-15-29(16-14-26)59(51)58-39(56-37(49)54-6-2)57-38(50)55-7-3)41-34(46)30-24-32(45-18-17-28(25-45)52-4)42-33(40-30)27-11-9-8-10-12-27/h8-16,24,28,31,39H,5-7,17-23,25H2,1-4H3/p+1/t28-,31-/m0/s1. The molecule has 1 aromatic heterocycles. The van der Waals surface area contributed by atoms with Crippen LogP contribution in [0.5, 0.6) is 0 Å². The Labute approximate surface area is 342 Å². The number of aromatic nitrogens is 2. The van der Waals surface area contributed by atoms with Crippen molar-refractivity contribution in [2.24, 2.45) is 0 Å². The van der Waals surface area contributed by atoms with Gasteiger partial charge in [0.2, 0.25) is 11.2 Å². The molecule has 2 aliphatic heterocycles. The van der Waals surface area contributed by atoms with Crippen molar-refractivity contribution in [1.29, 1.82) is 0 Å². The van der Waals surface area contributed by atoms with Gasteiger partial charge in [0.25, 0.3) is 5.91 Å². The van der Waals surface area contributed by atoms with Gasteiger partial charge in [0, 0.05) is 64.4 Å². The molecule has 3 atom stereocenters. The Morgan fingerprint density at radius 1 is 0.814 bits per heavy atom. The summed E-state index contributed by atoms with van der Waals surface area (Å²) in [4.78, 5) is 79.1. The molecule has 0 saturated carbocycles. The number of piperazine rings is 1. The molecule has 1 N–H and O–H groups in total. The van der Waals surface area contributed by atoms with Crippen molar-refractivity contribution in [2.75, 3.05) is 71.1 Å². The van der Waals surface area contributed by atoms with Gasteiger partial charge in [0.1, 0.15) is 17.6 Å². The number of benzene rings is 2. The number of methoxy groups -OCH3 is 1. The van der Waals surface area contributed by atoms with Gasteiger partial charge in [-0.1, -0.05) is 47.0 Å². The van der Waals surface area contributed by atoms with E-state index in [1.807, 2.05) is 35.2 Å². The molecule has 0 radical (unpaired) electrons. The van der Waals surface area contributed by atoms with Crippen molar-refractivity contribution >= 4 is 49.4 Å². The Bertz CT molecular complexity index is 1910. The number of anilines is 1. The summed E-state index contributed by atoms with van der Waals surface area (Å²) in [6.07, 6.45) is -2.14. The van der Waals surface area contributed by atoms with Crippen LogP contribution in [0.25, 0.3) is 11.4 Å². The molecule has 2 saturated heterocycles. The van der Waals surface area contributed by atoms with Crippen LogP contribution in [0.1, 0.15) is 43.2 Å². The first kappa shape index (κ1) is 44.2. The summed E-state index contributed by atoms with van der Waals surface area (Å²) in [6.45, 7) is 4.97. The number of hydrogen-bond acceptors (Lipinski definition) is 16. The summed E-state index contributed by atoms with van der Waals surface area (Å²) in [6, 6.07) is 15.8. The molecular weight excluding hydrogens is 791 g/mol. The Hall–Kier alpha value is -5.91. The Balaban J connectivity index is 1.38. The second-order valence-corrected chi connectivity index (χ2v) is 14.3. The van der Waals surface area contributed by atoms with E-state index in [2.05, 4.69) is 10.3 Å². The third kappa shape index (κ3) is 12.5. The topological polar surface area (TPSA) is 215 Å². The number of carbonyl (C=O) groups is 5. The van der Waals surface area contributed by atoms with Crippen LogP contribution in [0, 0.1) is 0 Å². The highest BCUT2D eigenvalue weighted by Gasteiger charge is 2.36. The minimum absolute atomic E-state index is 0.00194. The predicted octanol–water partition coefficient (Wildman–Crippen LogP) is 4.02. The molecule has 2 aliphatic rings. The molecule has 0 spiro atoms. The quantitative estimate of drug-likeness (QED) is 0.0933. The highest BCUT2D eigenvalue weighted by Crippen LogP contribution is 2.27. The number of ether oxygens (including phenoxy) is 6. The molecule has 3 heterocycles. The summed E-state index contributed by atoms with van der Waals surface area (Å²) < 4.78 is 48.1. The highest BCUT2D eigenvalue weighted by molar-refractivity contribution is 7.48. The molecule has 1 unspecified atom stereocenters. The maximum atomic E-state index is 14.2. The molecule has 3 amide bonds. The first-order valence-corrected chi connectivity index (χ1v) is 20.3. The van der Waals surface area contributed by atoms with Gasteiger partial charge in [-0.3, -0.25) is 9.59 Å². The van der Waals surface area contributed by atoms with Crippen LogP contribution >= 0.6 is 8.03 Å². The lowest BCUT2D eigenvalue weighted by Crippen LogP contribution is -2.56. The van der Waals surface area contributed by atoms with Crippen LogP contribution in [0.4, 0.5) is 20.2 Å².